The van der Waals surface area contributed by atoms with E-state index in [9.17, 15) is 0 Å². The van der Waals surface area contributed by atoms with Gasteiger partial charge in [0.25, 0.3) is 0 Å². The Labute approximate surface area is 117 Å². The fourth-order valence-electron chi connectivity index (χ4n) is 2.19. The highest BCUT2D eigenvalue weighted by Crippen LogP contribution is 2.27. The van der Waals surface area contributed by atoms with Gasteiger partial charge in [-0.2, -0.15) is 0 Å². The fraction of sp³-hybridized carbons (Fsp3) is 0.625. The molecule has 3 nitrogen and oxygen atoms in total. The molecule has 1 aromatic carbocycles. The maximum absolute atomic E-state index is 5.56. The molecule has 0 aliphatic carbocycles. The molecule has 0 heterocycles. The molecule has 0 aliphatic heterocycles. The standard InChI is InChI=1S/C16H28N2O/c1-12(2)15-9-14(5-6-16(15)19-4)11-18-10-13(3)7-8-17/h5-6,9,12-13,18H,7-8,10-11,17H2,1-4H3. The van der Waals surface area contributed by atoms with E-state index < -0.39 is 0 Å². The molecule has 0 amide bonds. The van der Waals surface area contributed by atoms with E-state index in [4.69, 9.17) is 10.5 Å². The number of benzene rings is 1. The predicted octanol–water partition coefficient (Wildman–Crippen LogP) is 2.89. The first-order valence-electron chi connectivity index (χ1n) is 7.16. The van der Waals surface area contributed by atoms with Crippen molar-refractivity contribution in [3.63, 3.8) is 0 Å². The molecule has 0 spiro atoms. The quantitative estimate of drug-likeness (QED) is 0.759. The van der Waals surface area contributed by atoms with Crippen LogP contribution in [0.15, 0.2) is 18.2 Å². The molecule has 3 heteroatoms. The molecule has 0 bridgehead atoms. The van der Waals surface area contributed by atoms with E-state index in [2.05, 4.69) is 44.3 Å². The molecule has 19 heavy (non-hydrogen) atoms. The van der Waals surface area contributed by atoms with Crippen LogP contribution in [0.4, 0.5) is 0 Å². The Kier molecular flexibility index (Phi) is 6.89. The van der Waals surface area contributed by atoms with E-state index >= 15 is 0 Å². The van der Waals surface area contributed by atoms with Crippen molar-refractivity contribution in [3.8, 4) is 5.75 Å². The maximum atomic E-state index is 5.56. The van der Waals surface area contributed by atoms with E-state index in [0.717, 1.165) is 31.8 Å². The summed E-state index contributed by atoms with van der Waals surface area (Å²) >= 11 is 0. The van der Waals surface area contributed by atoms with Crippen molar-refractivity contribution in [1.82, 2.24) is 5.32 Å². The minimum atomic E-state index is 0.478. The average Bonchev–Trinajstić information content (AvgIpc) is 2.38. The Hall–Kier alpha value is -1.06. The molecular weight excluding hydrogens is 236 g/mol. The van der Waals surface area contributed by atoms with Gasteiger partial charge in [-0.3, -0.25) is 0 Å². The second-order valence-corrected chi connectivity index (χ2v) is 5.54. The molecule has 0 aromatic heterocycles. The van der Waals surface area contributed by atoms with Crippen LogP contribution < -0.4 is 15.8 Å². The Morgan fingerprint density at radius 3 is 2.58 bits per heavy atom. The smallest absolute Gasteiger partial charge is 0.122 e. The minimum absolute atomic E-state index is 0.478. The summed E-state index contributed by atoms with van der Waals surface area (Å²) in [5.41, 5.74) is 8.14. The van der Waals surface area contributed by atoms with Gasteiger partial charge in [0.2, 0.25) is 0 Å². The van der Waals surface area contributed by atoms with Crippen LogP contribution in [-0.2, 0) is 6.54 Å². The number of ether oxygens (including phenoxy) is 1. The van der Waals surface area contributed by atoms with E-state index in [1.807, 2.05) is 0 Å². The summed E-state index contributed by atoms with van der Waals surface area (Å²) in [5, 5.41) is 3.49. The molecule has 1 aromatic rings. The summed E-state index contributed by atoms with van der Waals surface area (Å²) in [7, 11) is 1.73. The largest absolute Gasteiger partial charge is 0.496 e. The summed E-state index contributed by atoms with van der Waals surface area (Å²) < 4.78 is 5.40. The Balaban J connectivity index is 2.57. The number of hydrogen-bond acceptors (Lipinski definition) is 3. The minimum Gasteiger partial charge on any atom is -0.496 e. The number of hydrogen-bond donors (Lipinski definition) is 2. The van der Waals surface area contributed by atoms with Crippen LogP contribution in [0, 0.1) is 5.92 Å². The summed E-state index contributed by atoms with van der Waals surface area (Å²) in [6.45, 7) is 9.30. The van der Waals surface area contributed by atoms with Gasteiger partial charge in [-0.15, -0.1) is 0 Å². The van der Waals surface area contributed by atoms with Crippen LogP contribution >= 0.6 is 0 Å². The van der Waals surface area contributed by atoms with Gasteiger partial charge in [0.05, 0.1) is 7.11 Å². The molecule has 1 rings (SSSR count). The van der Waals surface area contributed by atoms with Crippen molar-refractivity contribution < 1.29 is 4.74 Å². The normalized spacial score (nSPS) is 12.7. The third kappa shape index (κ3) is 5.21. The topological polar surface area (TPSA) is 47.3 Å². The SMILES string of the molecule is COc1ccc(CNCC(C)CCN)cc1C(C)C. The summed E-state index contributed by atoms with van der Waals surface area (Å²) in [6.07, 6.45) is 1.08. The molecule has 0 aliphatic rings. The van der Waals surface area contributed by atoms with Gasteiger partial charge in [-0.1, -0.05) is 32.9 Å². The maximum Gasteiger partial charge on any atom is 0.122 e. The zero-order valence-electron chi connectivity index (χ0n) is 12.7. The third-order valence-corrected chi connectivity index (χ3v) is 3.40. The van der Waals surface area contributed by atoms with E-state index in [0.29, 0.717) is 11.8 Å². The molecule has 3 N–H and O–H groups in total. The lowest BCUT2D eigenvalue weighted by Gasteiger charge is -2.15. The van der Waals surface area contributed by atoms with Gasteiger partial charge >= 0.3 is 0 Å². The summed E-state index contributed by atoms with van der Waals surface area (Å²) in [6, 6.07) is 6.44. The van der Waals surface area contributed by atoms with Crippen molar-refractivity contribution >= 4 is 0 Å². The van der Waals surface area contributed by atoms with Gasteiger partial charge in [0.1, 0.15) is 5.75 Å². The van der Waals surface area contributed by atoms with Crippen LogP contribution in [0.25, 0.3) is 0 Å². The van der Waals surface area contributed by atoms with Gasteiger partial charge in [0, 0.05) is 6.54 Å². The van der Waals surface area contributed by atoms with Crippen LogP contribution in [0.1, 0.15) is 44.2 Å². The van der Waals surface area contributed by atoms with Gasteiger partial charge in [0.15, 0.2) is 0 Å². The average molecular weight is 264 g/mol. The number of rotatable bonds is 8. The first-order valence-corrected chi connectivity index (χ1v) is 7.16. The first kappa shape index (κ1) is 16.0. The van der Waals surface area contributed by atoms with Crippen LogP contribution in [0.3, 0.4) is 0 Å². The van der Waals surface area contributed by atoms with Gasteiger partial charge in [-0.25, -0.2) is 0 Å². The predicted molar refractivity (Wildman–Crippen MR) is 81.6 cm³/mol. The lowest BCUT2D eigenvalue weighted by atomic mass is 9.99. The fourth-order valence-corrected chi connectivity index (χ4v) is 2.19. The Morgan fingerprint density at radius 1 is 1.26 bits per heavy atom. The van der Waals surface area contributed by atoms with Crippen LogP contribution in [0.5, 0.6) is 5.75 Å². The second kappa shape index (κ2) is 8.18. The molecule has 0 fully saturated rings. The highest BCUT2D eigenvalue weighted by Gasteiger charge is 2.08. The lowest BCUT2D eigenvalue weighted by Crippen LogP contribution is -2.22. The molecule has 0 saturated heterocycles. The highest BCUT2D eigenvalue weighted by atomic mass is 16.5. The van der Waals surface area contributed by atoms with Gasteiger partial charge in [-0.05, 0) is 48.5 Å². The van der Waals surface area contributed by atoms with Crippen molar-refractivity contribution in [2.45, 2.75) is 39.7 Å². The van der Waals surface area contributed by atoms with Crippen molar-refractivity contribution in [1.29, 1.82) is 0 Å². The monoisotopic (exact) mass is 264 g/mol. The molecule has 1 atom stereocenters. The first-order chi connectivity index (χ1) is 9.08. The molecule has 108 valence electrons. The molecule has 0 radical (unpaired) electrons. The third-order valence-electron chi connectivity index (χ3n) is 3.40. The number of methoxy groups -OCH3 is 1. The molecular formula is C16H28N2O. The Morgan fingerprint density at radius 2 is 2.00 bits per heavy atom. The van der Waals surface area contributed by atoms with Crippen LogP contribution in [-0.4, -0.2) is 20.2 Å². The lowest BCUT2D eigenvalue weighted by molar-refractivity contribution is 0.407. The Bertz CT molecular complexity index is 377. The number of nitrogens with one attached hydrogen (secondary N) is 1. The van der Waals surface area contributed by atoms with E-state index in [-0.39, 0.29) is 0 Å². The van der Waals surface area contributed by atoms with Crippen molar-refractivity contribution in [3.05, 3.63) is 29.3 Å². The van der Waals surface area contributed by atoms with E-state index in [1.165, 1.54) is 11.1 Å². The summed E-state index contributed by atoms with van der Waals surface area (Å²) in [5.74, 6) is 2.09. The van der Waals surface area contributed by atoms with E-state index in [1.54, 1.807) is 7.11 Å². The van der Waals surface area contributed by atoms with Crippen molar-refractivity contribution in [2.24, 2.45) is 11.7 Å². The molecule has 1 unspecified atom stereocenters. The van der Waals surface area contributed by atoms with Gasteiger partial charge < -0.3 is 15.8 Å². The van der Waals surface area contributed by atoms with Crippen LogP contribution in [0.2, 0.25) is 0 Å². The second-order valence-electron chi connectivity index (χ2n) is 5.54. The summed E-state index contributed by atoms with van der Waals surface area (Å²) in [4.78, 5) is 0. The zero-order chi connectivity index (χ0) is 14.3. The number of nitrogens with two attached hydrogens (primary N) is 1. The highest BCUT2D eigenvalue weighted by molar-refractivity contribution is 5.39. The molecule has 0 saturated carbocycles. The van der Waals surface area contributed by atoms with Crippen molar-refractivity contribution in [2.75, 3.05) is 20.2 Å². The zero-order valence-corrected chi connectivity index (χ0v) is 12.7.